The molecule has 2 N–H and O–H groups in total. The predicted octanol–water partition coefficient (Wildman–Crippen LogP) is 5.14. The van der Waals surface area contributed by atoms with Gasteiger partial charge in [-0.05, 0) is 72.5 Å². The molecule has 9 rings (SSSR count). The summed E-state index contributed by atoms with van der Waals surface area (Å²) in [5.41, 5.74) is 3.28. The van der Waals surface area contributed by atoms with Crippen molar-refractivity contribution in [2.75, 3.05) is 36.5 Å². The van der Waals surface area contributed by atoms with E-state index in [4.69, 9.17) is 14.2 Å². The molecule has 1 aliphatic carbocycles. The average molecular weight is 779 g/mol. The van der Waals surface area contributed by atoms with Gasteiger partial charge in [-0.15, -0.1) is 0 Å². The van der Waals surface area contributed by atoms with Crippen LogP contribution in [-0.2, 0) is 20.9 Å². The normalized spacial score (nSPS) is 22.6. The number of anilines is 2. The summed E-state index contributed by atoms with van der Waals surface area (Å²) in [4.78, 5) is 62.1. The number of halogens is 2. The maximum Gasteiger partial charge on any atom is 0.262 e. The number of carbonyl (C=O) groups is 4. The Labute approximate surface area is 326 Å². The quantitative estimate of drug-likeness (QED) is 0.184. The molecule has 15 heteroatoms. The molecule has 1 saturated carbocycles. The van der Waals surface area contributed by atoms with Crippen molar-refractivity contribution in [2.45, 2.75) is 69.7 Å². The highest BCUT2D eigenvalue weighted by atomic mass is 19.1. The van der Waals surface area contributed by atoms with Gasteiger partial charge in [0.05, 0.1) is 35.4 Å². The molecule has 0 bridgehead atoms. The number of nitrogens with one attached hydrogen (secondary N) is 2. The van der Waals surface area contributed by atoms with E-state index in [0.29, 0.717) is 47.7 Å². The van der Waals surface area contributed by atoms with E-state index in [9.17, 15) is 19.2 Å². The lowest BCUT2D eigenvalue weighted by Crippen LogP contribution is -2.66. The van der Waals surface area contributed by atoms with Crippen molar-refractivity contribution >= 4 is 35.3 Å². The van der Waals surface area contributed by atoms with E-state index >= 15 is 8.78 Å². The molecule has 1 spiro atoms. The van der Waals surface area contributed by atoms with Gasteiger partial charge in [0.1, 0.15) is 18.8 Å². The Kier molecular flexibility index (Phi) is 9.34. The second-order valence-electron chi connectivity index (χ2n) is 15.6. The minimum atomic E-state index is -1.03. The molecule has 0 unspecified atom stereocenters. The van der Waals surface area contributed by atoms with Gasteiger partial charge in [-0.2, -0.15) is 0 Å². The molecule has 4 amide bonds. The number of imide groups is 2. The van der Waals surface area contributed by atoms with Crippen LogP contribution in [0.25, 0.3) is 0 Å². The van der Waals surface area contributed by atoms with Crippen molar-refractivity contribution in [3.05, 3.63) is 106 Å². The van der Waals surface area contributed by atoms with Gasteiger partial charge in [0.2, 0.25) is 17.8 Å². The highest BCUT2D eigenvalue weighted by Gasteiger charge is 2.50. The van der Waals surface area contributed by atoms with Crippen molar-refractivity contribution in [2.24, 2.45) is 5.41 Å². The number of carbonyl (C=O) groups excluding carboxylic acids is 4. The van der Waals surface area contributed by atoms with Crippen molar-refractivity contribution in [3.8, 4) is 11.5 Å². The summed E-state index contributed by atoms with van der Waals surface area (Å²) in [6.45, 7) is 5.30. The van der Waals surface area contributed by atoms with E-state index in [1.54, 1.807) is 54.7 Å². The van der Waals surface area contributed by atoms with Gasteiger partial charge in [-0.3, -0.25) is 29.4 Å². The molecule has 5 aliphatic rings. The van der Waals surface area contributed by atoms with Gasteiger partial charge >= 0.3 is 0 Å². The number of amides is 4. The van der Waals surface area contributed by atoms with Gasteiger partial charge in [-0.1, -0.05) is 19.1 Å². The minimum absolute atomic E-state index is 0.0145. The lowest BCUT2D eigenvalue weighted by atomic mass is 9.78. The van der Waals surface area contributed by atoms with Gasteiger partial charge in [0.15, 0.2) is 23.1 Å². The van der Waals surface area contributed by atoms with E-state index in [-0.39, 0.29) is 65.6 Å². The Morgan fingerprint density at radius 3 is 2.32 bits per heavy atom. The minimum Gasteiger partial charge on any atom is -0.487 e. The number of fused-ring (bicyclic) bond motifs is 1. The standard InChI is InChI=1S/C42H40F2N6O7/c1-2-29(23-3-8-35(32(43)13-23)56-18-26-11-12-45-41(47-26)49-19-42(20-49)21-55-22-42)24-4-9-36(33(44)14-24)57-28-15-27(16-28)46-25-5-6-30-31(17-25)40(54)50(39(30)53)34-7-10-37(51)48-38(34)52/h3-6,8-9,11-14,17,27-29,34,46H,2,7,10,15-16,18-22H2,1H3,(H,48,51,52)/t27?,28?,29-,34-/m1/s1. The lowest BCUT2D eigenvalue weighted by Gasteiger charge is -2.54. The summed E-state index contributed by atoms with van der Waals surface area (Å²) >= 11 is 0. The summed E-state index contributed by atoms with van der Waals surface area (Å²) in [6.07, 6.45) is 3.33. The Hall–Kier alpha value is -5.96. The second-order valence-corrected chi connectivity index (χ2v) is 15.6. The Morgan fingerprint density at radius 1 is 0.930 bits per heavy atom. The number of piperidine rings is 1. The topological polar surface area (TPSA) is 152 Å². The van der Waals surface area contributed by atoms with Crippen LogP contribution in [0.4, 0.5) is 20.4 Å². The first-order valence-electron chi connectivity index (χ1n) is 19.2. The number of hydrogen-bond acceptors (Lipinski definition) is 11. The Balaban J connectivity index is 0.775. The highest BCUT2D eigenvalue weighted by molar-refractivity contribution is 6.23. The highest BCUT2D eigenvalue weighted by Crippen LogP contribution is 2.39. The van der Waals surface area contributed by atoms with Crippen LogP contribution >= 0.6 is 0 Å². The summed E-state index contributed by atoms with van der Waals surface area (Å²) in [7, 11) is 0. The maximum atomic E-state index is 15.4. The van der Waals surface area contributed by atoms with E-state index in [2.05, 4.69) is 25.5 Å². The zero-order valence-corrected chi connectivity index (χ0v) is 31.1. The largest absolute Gasteiger partial charge is 0.487 e. The average Bonchev–Trinajstić information content (AvgIpc) is 3.38. The summed E-state index contributed by atoms with van der Waals surface area (Å²) in [6, 6.07) is 15.2. The molecule has 5 heterocycles. The smallest absolute Gasteiger partial charge is 0.262 e. The molecular weight excluding hydrogens is 738 g/mol. The Bertz CT molecular complexity index is 2290. The zero-order valence-electron chi connectivity index (χ0n) is 31.1. The van der Waals surface area contributed by atoms with Crippen LogP contribution in [0.1, 0.15) is 82.5 Å². The van der Waals surface area contributed by atoms with Crippen LogP contribution in [-0.4, -0.2) is 83.0 Å². The molecule has 4 aromatic rings. The van der Waals surface area contributed by atoms with Crippen LogP contribution in [0.5, 0.6) is 11.5 Å². The summed E-state index contributed by atoms with van der Waals surface area (Å²) in [5.74, 6) is -2.66. The van der Waals surface area contributed by atoms with E-state index in [1.165, 1.54) is 12.1 Å². The van der Waals surface area contributed by atoms with Gasteiger partial charge < -0.3 is 24.4 Å². The van der Waals surface area contributed by atoms with E-state index in [1.807, 2.05) is 6.92 Å². The third-order valence-electron chi connectivity index (χ3n) is 11.6. The molecule has 294 valence electrons. The first-order valence-corrected chi connectivity index (χ1v) is 19.2. The fourth-order valence-electron chi connectivity index (χ4n) is 8.35. The molecule has 13 nitrogen and oxygen atoms in total. The molecule has 4 aliphatic heterocycles. The number of rotatable bonds is 12. The zero-order chi connectivity index (χ0) is 39.4. The third kappa shape index (κ3) is 6.94. The van der Waals surface area contributed by atoms with Crippen LogP contribution < -0.4 is 25.0 Å². The number of nitrogens with zero attached hydrogens (tertiary/aromatic N) is 4. The van der Waals surface area contributed by atoms with Gasteiger partial charge in [0, 0.05) is 56.2 Å². The second kappa shape index (κ2) is 14.5. The Morgan fingerprint density at radius 2 is 1.65 bits per heavy atom. The number of ether oxygens (including phenoxy) is 3. The van der Waals surface area contributed by atoms with Crippen molar-refractivity contribution in [1.82, 2.24) is 20.2 Å². The summed E-state index contributed by atoms with van der Waals surface area (Å²) in [5, 5.41) is 5.54. The van der Waals surface area contributed by atoms with Crippen molar-refractivity contribution in [1.29, 1.82) is 0 Å². The van der Waals surface area contributed by atoms with Crippen LogP contribution in [0.2, 0.25) is 0 Å². The molecule has 3 saturated heterocycles. The fraction of sp³-hybridized carbons (Fsp3) is 0.381. The molecular formula is C42H40F2N6O7. The first kappa shape index (κ1) is 36.7. The molecule has 3 aromatic carbocycles. The number of benzene rings is 3. The molecule has 0 radical (unpaired) electrons. The van der Waals surface area contributed by atoms with Crippen LogP contribution in [0.15, 0.2) is 66.9 Å². The van der Waals surface area contributed by atoms with E-state index < -0.39 is 41.3 Å². The van der Waals surface area contributed by atoms with Crippen molar-refractivity contribution in [3.63, 3.8) is 0 Å². The van der Waals surface area contributed by atoms with Gasteiger partial charge in [0.25, 0.3) is 11.8 Å². The molecule has 2 atom stereocenters. The van der Waals surface area contributed by atoms with Crippen LogP contribution in [0.3, 0.4) is 0 Å². The first-order chi connectivity index (χ1) is 27.6. The molecule has 4 fully saturated rings. The lowest BCUT2D eigenvalue weighted by molar-refractivity contribution is -0.136. The fourth-order valence-corrected chi connectivity index (χ4v) is 8.35. The van der Waals surface area contributed by atoms with Crippen molar-refractivity contribution < 1.29 is 42.2 Å². The SMILES string of the molecule is CC[C@H](c1ccc(OCc2ccnc(N3CC4(COC4)C3)n2)c(F)c1)c1ccc(OC2CC(Nc3ccc4c(c3)C(=O)N([C@@H]3CCC(=O)NC3=O)C4=O)C2)c(F)c1. The van der Waals surface area contributed by atoms with Gasteiger partial charge in [-0.25, -0.2) is 18.7 Å². The maximum absolute atomic E-state index is 15.4. The molecule has 1 aromatic heterocycles. The van der Waals surface area contributed by atoms with Crippen LogP contribution in [0, 0.1) is 17.0 Å². The van der Waals surface area contributed by atoms with E-state index in [0.717, 1.165) is 31.2 Å². The third-order valence-corrected chi connectivity index (χ3v) is 11.6. The monoisotopic (exact) mass is 778 g/mol. The number of aromatic nitrogens is 2. The summed E-state index contributed by atoms with van der Waals surface area (Å²) < 4.78 is 47.9. The predicted molar refractivity (Wildman–Crippen MR) is 201 cm³/mol. The number of hydrogen-bond donors (Lipinski definition) is 2. The molecule has 57 heavy (non-hydrogen) atoms.